The standard InChI is InChI=1S/C15H12FN3O2/c1-10(11-2-5-14(6-3-11)19(20)21)18-15-7-4-13(16)8-12(15)9-17/h2-8,10,18H,1H3. The summed E-state index contributed by atoms with van der Waals surface area (Å²) in [6.07, 6.45) is 0. The number of nitro benzene ring substituents is 1. The van der Waals surface area contributed by atoms with Gasteiger partial charge in [-0.25, -0.2) is 4.39 Å². The minimum Gasteiger partial charge on any atom is -0.377 e. The van der Waals surface area contributed by atoms with E-state index in [1.165, 1.54) is 24.3 Å². The second-order valence-electron chi connectivity index (χ2n) is 4.52. The lowest BCUT2D eigenvalue weighted by Gasteiger charge is -2.16. The molecule has 0 bridgehead atoms. The highest BCUT2D eigenvalue weighted by atomic mass is 19.1. The quantitative estimate of drug-likeness (QED) is 0.685. The molecule has 106 valence electrons. The Balaban J connectivity index is 2.20. The molecule has 0 aliphatic carbocycles. The Labute approximate surface area is 120 Å². The number of non-ortho nitro benzene ring substituents is 1. The summed E-state index contributed by atoms with van der Waals surface area (Å²) in [6.45, 7) is 1.85. The largest absolute Gasteiger partial charge is 0.377 e. The zero-order valence-electron chi connectivity index (χ0n) is 11.2. The average Bonchev–Trinajstić information content (AvgIpc) is 2.49. The number of nitrogens with zero attached hydrogens (tertiary/aromatic N) is 2. The van der Waals surface area contributed by atoms with Crippen molar-refractivity contribution in [3.05, 3.63) is 69.5 Å². The third-order valence-corrected chi connectivity index (χ3v) is 3.08. The number of nitriles is 1. The van der Waals surface area contributed by atoms with Crippen LogP contribution in [0, 0.1) is 27.3 Å². The normalized spacial score (nSPS) is 11.5. The zero-order chi connectivity index (χ0) is 15.4. The summed E-state index contributed by atoms with van der Waals surface area (Å²) < 4.78 is 13.1. The van der Waals surface area contributed by atoms with Crippen molar-refractivity contribution < 1.29 is 9.31 Å². The Morgan fingerprint density at radius 3 is 2.52 bits per heavy atom. The lowest BCUT2D eigenvalue weighted by Crippen LogP contribution is -2.08. The Hall–Kier alpha value is -2.94. The van der Waals surface area contributed by atoms with Gasteiger partial charge in [-0.2, -0.15) is 5.26 Å². The van der Waals surface area contributed by atoms with Crippen molar-refractivity contribution in [1.82, 2.24) is 0 Å². The molecule has 0 radical (unpaired) electrons. The first-order valence-corrected chi connectivity index (χ1v) is 6.22. The Bertz CT molecular complexity index is 708. The van der Waals surface area contributed by atoms with Crippen LogP contribution in [0.3, 0.4) is 0 Å². The van der Waals surface area contributed by atoms with Gasteiger partial charge in [-0.3, -0.25) is 10.1 Å². The molecule has 0 spiro atoms. The van der Waals surface area contributed by atoms with E-state index in [0.717, 1.165) is 11.6 Å². The molecule has 1 N–H and O–H groups in total. The smallest absolute Gasteiger partial charge is 0.269 e. The van der Waals surface area contributed by atoms with Crippen LogP contribution in [0.2, 0.25) is 0 Å². The predicted molar refractivity (Wildman–Crippen MR) is 76.2 cm³/mol. The maximum atomic E-state index is 13.1. The summed E-state index contributed by atoms with van der Waals surface area (Å²) in [4.78, 5) is 10.1. The van der Waals surface area contributed by atoms with Gasteiger partial charge in [0.1, 0.15) is 11.9 Å². The minimum absolute atomic E-state index is 0.0189. The number of hydrogen-bond donors (Lipinski definition) is 1. The first-order valence-electron chi connectivity index (χ1n) is 6.22. The highest BCUT2D eigenvalue weighted by Gasteiger charge is 2.11. The summed E-state index contributed by atoms with van der Waals surface area (Å²) >= 11 is 0. The molecule has 6 heteroatoms. The van der Waals surface area contributed by atoms with E-state index in [-0.39, 0.29) is 17.3 Å². The Kier molecular flexibility index (Phi) is 4.14. The SMILES string of the molecule is CC(Nc1ccc(F)cc1C#N)c1ccc([N+](=O)[O-])cc1. The molecule has 0 heterocycles. The number of hydrogen-bond acceptors (Lipinski definition) is 4. The second kappa shape index (κ2) is 6.01. The van der Waals surface area contributed by atoms with Crippen LogP contribution in [0.15, 0.2) is 42.5 Å². The van der Waals surface area contributed by atoms with Crippen molar-refractivity contribution in [3.63, 3.8) is 0 Å². The average molecular weight is 285 g/mol. The van der Waals surface area contributed by atoms with Gasteiger partial charge >= 0.3 is 0 Å². The van der Waals surface area contributed by atoms with Crippen molar-refractivity contribution >= 4 is 11.4 Å². The molecule has 0 saturated heterocycles. The van der Waals surface area contributed by atoms with Gasteiger partial charge in [-0.15, -0.1) is 0 Å². The van der Waals surface area contributed by atoms with Crippen LogP contribution in [0.4, 0.5) is 15.8 Å². The fourth-order valence-corrected chi connectivity index (χ4v) is 1.94. The second-order valence-corrected chi connectivity index (χ2v) is 4.52. The number of benzene rings is 2. The summed E-state index contributed by atoms with van der Waals surface area (Å²) in [6, 6.07) is 11.8. The molecule has 21 heavy (non-hydrogen) atoms. The fraction of sp³-hybridized carbons (Fsp3) is 0.133. The van der Waals surface area contributed by atoms with Gasteiger partial charge in [0.05, 0.1) is 16.2 Å². The van der Waals surface area contributed by atoms with Gasteiger partial charge in [-0.1, -0.05) is 12.1 Å². The molecule has 2 rings (SSSR count). The fourth-order valence-electron chi connectivity index (χ4n) is 1.94. The number of anilines is 1. The molecule has 0 aliphatic rings. The van der Waals surface area contributed by atoms with Gasteiger partial charge < -0.3 is 5.32 Å². The molecule has 1 unspecified atom stereocenters. The molecule has 0 aliphatic heterocycles. The third-order valence-electron chi connectivity index (χ3n) is 3.08. The van der Waals surface area contributed by atoms with Crippen molar-refractivity contribution in [3.8, 4) is 6.07 Å². The van der Waals surface area contributed by atoms with Crippen LogP contribution in [0.25, 0.3) is 0 Å². The van der Waals surface area contributed by atoms with Crippen LogP contribution < -0.4 is 5.32 Å². The summed E-state index contributed by atoms with van der Waals surface area (Å²) in [5.74, 6) is -0.472. The number of halogens is 1. The molecular formula is C15H12FN3O2. The molecular weight excluding hydrogens is 273 g/mol. The topological polar surface area (TPSA) is 79.0 Å². The number of rotatable bonds is 4. The van der Waals surface area contributed by atoms with Crippen LogP contribution in [0.5, 0.6) is 0 Å². The van der Waals surface area contributed by atoms with Gasteiger partial charge in [0, 0.05) is 18.2 Å². The van der Waals surface area contributed by atoms with Crippen molar-refractivity contribution in [2.45, 2.75) is 13.0 Å². The van der Waals surface area contributed by atoms with Crippen molar-refractivity contribution in [2.75, 3.05) is 5.32 Å². The first kappa shape index (κ1) is 14.5. The maximum Gasteiger partial charge on any atom is 0.269 e. The van der Waals surface area contributed by atoms with Crippen LogP contribution in [-0.4, -0.2) is 4.92 Å². The number of nitro groups is 1. The monoisotopic (exact) mass is 285 g/mol. The van der Waals surface area contributed by atoms with Gasteiger partial charge in [0.2, 0.25) is 0 Å². The van der Waals surface area contributed by atoms with E-state index < -0.39 is 10.7 Å². The van der Waals surface area contributed by atoms with E-state index in [4.69, 9.17) is 5.26 Å². The van der Waals surface area contributed by atoms with E-state index in [2.05, 4.69) is 5.32 Å². The molecule has 0 saturated carbocycles. The first-order chi connectivity index (χ1) is 10.0. The Morgan fingerprint density at radius 1 is 1.29 bits per heavy atom. The van der Waals surface area contributed by atoms with Gasteiger partial charge in [0.15, 0.2) is 0 Å². The zero-order valence-corrected chi connectivity index (χ0v) is 11.2. The lowest BCUT2D eigenvalue weighted by atomic mass is 10.1. The van der Waals surface area contributed by atoms with E-state index >= 15 is 0 Å². The van der Waals surface area contributed by atoms with Crippen LogP contribution >= 0.6 is 0 Å². The van der Waals surface area contributed by atoms with Crippen LogP contribution in [-0.2, 0) is 0 Å². The highest BCUT2D eigenvalue weighted by molar-refractivity contribution is 5.58. The number of nitrogens with one attached hydrogen (secondary N) is 1. The van der Waals surface area contributed by atoms with E-state index in [1.807, 2.05) is 13.0 Å². The molecule has 1 atom stereocenters. The molecule has 0 amide bonds. The van der Waals surface area contributed by atoms with Crippen LogP contribution in [0.1, 0.15) is 24.1 Å². The molecule has 0 aromatic heterocycles. The maximum absolute atomic E-state index is 13.1. The highest BCUT2D eigenvalue weighted by Crippen LogP contribution is 2.24. The summed E-state index contributed by atoms with van der Waals surface area (Å²) in [5.41, 5.74) is 1.58. The van der Waals surface area contributed by atoms with E-state index in [0.29, 0.717) is 5.69 Å². The predicted octanol–water partition coefficient (Wildman–Crippen LogP) is 3.78. The van der Waals surface area contributed by atoms with E-state index in [1.54, 1.807) is 12.1 Å². The Morgan fingerprint density at radius 2 is 1.95 bits per heavy atom. The summed E-state index contributed by atoms with van der Waals surface area (Å²) in [7, 11) is 0. The molecule has 0 fully saturated rings. The molecule has 5 nitrogen and oxygen atoms in total. The van der Waals surface area contributed by atoms with Crippen molar-refractivity contribution in [2.24, 2.45) is 0 Å². The van der Waals surface area contributed by atoms with Crippen molar-refractivity contribution in [1.29, 1.82) is 5.26 Å². The van der Waals surface area contributed by atoms with Gasteiger partial charge in [0.25, 0.3) is 5.69 Å². The minimum atomic E-state index is -0.472. The third kappa shape index (κ3) is 3.34. The summed E-state index contributed by atoms with van der Waals surface area (Å²) in [5, 5.41) is 22.7. The van der Waals surface area contributed by atoms with Gasteiger partial charge in [-0.05, 0) is 30.7 Å². The lowest BCUT2D eigenvalue weighted by molar-refractivity contribution is -0.384. The molecule has 2 aromatic carbocycles. The van der Waals surface area contributed by atoms with E-state index in [9.17, 15) is 14.5 Å². The molecule has 2 aromatic rings.